The molecule has 0 bridgehead atoms. The normalized spacial score (nSPS) is 11.5. The molecule has 1 fully saturated rings. The lowest BCUT2D eigenvalue weighted by atomic mass is 10.0. The van der Waals surface area contributed by atoms with Gasteiger partial charge < -0.3 is 9.47 Å². The van der Waals surface area contributed by atoms with E-state index in [9.17, 15) is 0 Å². The topological polar surface area (TPSA) is 18.5 Å². The maximum Gasteiger partial charge on any atom is 0.185 e. The van der Waals surface area contributed by atoms with Crippen molar-refractivity contribution in [1.82, 2.24) is 0 Å². The van der Waals surface area contributed by atoms with Crippen LogP contribution in [0.4, 0.5) is 0 Å². The van der Waals surface area contributed by atoms with E-state index in [1.54, 1.807) is 0 Å². The highest BCUT2D eigenvalue weighted by Gasteiger charge is 2.20. The minimum Gasteiger partial charge on any atom is -0.346 e. The summed E-state index contributed by atoms with van der Waals surface area (Å²) in [5.41, 5.74) is 9.57. The maximum atomic E-state index is 5.73. The van der Waals surface area contributed by atoms with Crippen LogP contribution in [0.25, 0.3) is 0 Å². The molecule has 6 aromatic rings. The van der Waals surface area contributed by atoms with E-state index in [2.05, 4.69) is 59.2 Å². The first kappa shape index (κ1) is 32.6. The van der Waals surface area contributed by atoms with Gasteiger partial charge in [-0.15, -0.1) is 0 Å². The zero-order valence-electron chi connectivity index (χ0n) is 27.7. The van der Waals surface area contributed by atoms with E-state index in [4.69, 9.17) is 9.47 Å². The summed E-state index contributed by atoms with van der Waals surface area (Å²) in [6.07, 6.45) is -0.385. The lowest BCUT2D eigenvalue weighted by Gasteiger charge is -2.10. The third-order valence-corrected chi connectivity index (χ3v) is 7.99. The van der Waals surface area contributed by atoms with Gasteiger partial charge in [0.1, 0.15) is 0 Å². The summed E-state index contributed by atoms with van der Waals surface area (Å²) in [6, 6.07) is 49.6. The molecule has 0 spiro atoms. The molecule has 238 valence electrons. The van der Waals surface area contributed by atoms with Gasteiger partial charge in [-0.05, 0) is 66.7 Å². The van der Waals surface area contributed by atoms with Crippen molar-refractivity contribution in [3.8, 4) is 59.2 Å². The Morgan fingerprint density at radius 2 is 0.569 bits per heavy atom. The van der Waals surface area contributed by atoms with Gasteiger partial charge in [-0.25, -0.2) is 0 Å². The van der Waals surface area contributed by atoms with E-state index in [1.165, 1.54) is 0 Å². The van der Waals surface area contributed by atoms with Crippen molar-refractivity contribution in [2.45, 2.75) is 6.29 Å². The quantitative estimate of drug-likeness (QED) is 0.166. The van der Waals surface area contributed by atoms with Crippen LogP contribution >= 0.6 is 0 Å². The first-order chi connectivity index (χ1) is 25.3. The van der Waals surface area contributed by atoms with Gasteiger partial charge in [-0.3, -0.25) is 0 Å². The molecule has 0 aliphatic carbocycles. The number of ether oxygens (including phenoxy) is 2. The fourth-order valence-corrected chi connectivity index (χ4v) is 5.36. The first-order valence-electron chi connectivity index (χ1n) is 16.6. The molecule has 51 heavy (non-hydrogen) atoms. The molecule has 0 saturated carbocycles. The van der Waals surface area contributed by atoms with Crippen LogP contribution < -0.4 is 0 Å². The Balaban J connectivity index is 1.14. The number of rotatable bonds is 1. The molecule has 0 unspecified atom stereocenters. The predicted octanol–water partition coefficient (Wildman–Crippen LogP) is 8.73. The van der Waals surface area contributed by atoms with Crippen molar-refractivity contribution in [3.05, 3.63) is 213 Å². The molecular weight excluding hydrogens is 621 g/mol. The van der Waals surface area contributed by atoms with Gasteiger partial charge in [0.15, 0.2) is 6.29 Å². The minimum atomic E-state index is -0.385. The molecule has 0 radical (unpaired) electrons. The van der Waals surface area contributed by atoms with Crippen LogP contribution in [0.3, 0.4) is 0 Å². The van der Waals surface area contributed by atoms with Crippen molar-refractivity contribution in [1.29, 1.82) is 0 Å². The zero-order valence-corrected chi connectivity index (χ0v) is 27.7. The second-order valence-corrected chi connectivity index (χ2v) is 11.5. The lowest BCUT2D eigenvalue weighted by Crippen LogP contribution is -2.00. The molecule has 1 saturated heterocycles. The highest BCUT2D eigenvalue weighted by Crippen LogP contribution is 2.26. The second kappa shape index (κ2) is 16.4. The van der Waals surface area contributed by atoms with E-state index >= 15 is 0 Å². The Kier molecular flexibility index (Phi) is 10.5. The van der Waals surface area contributed by atoms with Gasteiger partial charge in [0.2, 0.25) is 0 Å². The van der Waals surface area contributed by atoms with Crippen molar-refractivity contribution >= 4 is 0 Å². The highest BCUT2D eigenvalue weighted by molar-refractivity contribution is 5.61. The summed E-state index contributed by atoms with van der Waals surface area (Å²) in [5.74, 6) is 33.2. The summed E-state index contributed by atoms with van der Waals surface area (Å²) in [6.45, 7) is 1.16. The fraction of sp³-hybridized carbons (Fsp3) is 0.0612. The standard InChI is InChI=1S/C49H30O2/c1-2-14-38(15-3-1)26-27-39-16-4-5-17-40(39)28-29-41-18-6-7-19-42(41)30-31-43-20-8-9-21-44(43)32-33-45-22-10-11-23-46(45)34-35-47-24-12-13-25-48(47)49-50-36-37-51-49/h1-25,49H,36-37H2. The van der Waals surface area contributed by atoms with Crippen molar-refractivity contribution in [2.75, 3.05) is 13.2 Å². The van der Waals surface area contributed by atoms with E-state index in [-0.39, 0.29) is 6.29 Å². The van der Waals surface area contributed by atoms with Crippen LogP contribution in [0.1, 0.15) is 67.5 Å². The van der Waals surface area contributed by atoms with E-state index in [1.807, 2.05) is 152 Å². The Bertz CT molecular complexity index is 2510. The van der Waals surface area contributed by atoms with Gasteiger partial charge >= 0.3 is 0 Å². The van der Waals surface area contributed by atoms with Crippen LogP contribution in [-0.4, -0.2) is 13.2 Å². The molecule has 2 heteroatoms. The molecule has 2 nitrogen and oxygen atoms in total. The SMILES string of the molecule is C(#Cc1ccccc1C#Cc1ccccc1C#Cc1ccccc1C#Cc1ccccc1C#Cc1ccccc1C1OCCO1)c1ccccc1. The molecule has 6 aromatic carbocycles. The molecular formula is C49H30O2. The van der Waals surface area contributed by atoms with Crippen LogP contribution in [0, 0.1) is 59.2 Å². The van der Waals surface area contributed by atoms with Crippen LogP contribution in [0.15, 0.2) is 152 Å². The Morgan fingerprint density at radius 1 is 0.294 bits per heavy atom. The molecule has 0 aromatic heterocycles. The minimum absolute atomic E-state index is 0.385. The van der Waals surface area contributed by atoms with Gasteiger partial charge in [0.05, 0.1) is 13.2 Å². The van der Waals surface area contributed by atoms with Crippen LogP contribution in [0.2, 0.25) is 0 Å². The van der Waals surface area contributed by atoms with Crippen molar-refractivity contribution in [3.63, 3.8) is 0 Å². The summed E-state index contributed by atoms with van der Waals surface area (Å²) in [5, 5.41) is 0. The summed E-state index contributed by atoms with van der Waals surface area (Å²) >= 11 is 0. The molecule has 1 heterocycles. The van der Waals surface area contributed by atoms with E-state index in [0.717, 1.165) is 61.2 Å². The molecule has 1 aliphatic rings. The summed E-state index contributed by atoms with van der Waals surface area (Å²) in [7, 11) is 0. The number of benzene rings is 6. The van der Waals surface area contributed by atoms with E-state index < -0.39 is 0 Å². The predicted molar refractivity (Wildman–Crippen MR) is 203 cm³/mol. The third kappa shape index (κ3) is 8.56. The molecule has 0 atom stereocenters. The van der Waals surface area contributed by atoms with Crippen LogP contribution in [-0.2, 0) is 9.47 Å². The average Bonchev–Trinajstić information content (AvgIpc) is 3.74. The second-order valence-electron chi connectivity index (χ2n) is 11.5. The van der Waals surface area contributed by atoms with E-state index in [0.29, 0.717) is 13.2 Å². The lowest BCUT2D eigenvalue weighted by molar-refractivity contribution is -0.0442. The molecule has 0 amide bonds. The smallest absolute Gasteiger partial charge is 0.185 e. The highest BCUT2D eigenvalue weighted by atomic mass is 16.7. The Morgan fingerprint density at radius 3 is 0.941 bits per heavy atom. The van der Waals surface area contributed by atoms with Gasteiger partial charge in [-0.2, -0.15) is 0 Å². The number of hydrogen-bond acceptors (Lipinski definition) is 2. The van der Waals surface area contributed by atoms with Gasteiger partial charge in [0, 0.05) is 61.2 Å². The monoisotopic (exact) mass is 650 g/mol. The Hall–Kier alpha value is -6.96. The van der Waals surface area contributed by atoms with Gasteiger partial charge in [0.25, 0.3) is 0 Å². The third-order valence-electron chi connectivity index (χ3n) is 7.99. The maximum absolute atomic E-state index is 5.73. The largest absolute Gasteiger partial charge is 0.346 e. The first-order valence-corrected chi connectivity index (χ1v) is 16.6. The average molecular weight is 651 g/mol. The zero-order chi connectivity index (χ0) is 34.5. The fourth-order valence-electron chi connectivity index (χ4n) is 5.36. The summed E-state index contributed by atoms with van der Waals surface area (Å²) < 4.78 is 11.5. The van der Waals surface area contributed by atoms with Crippen LogP contribution in [0.5, 0.6) is 0 Å². The van der Waals surface area contributed by atoms with Crippen molar-refractivity contribution in [2.24, 2.45) is 0 Å². The number of hydrogen-bond donors (Lipinski definition) is 0. The van der Waals surface area contributed by atoms with Gasteiger partial charge in [-0.1, -0.05) is 144 Å². The summed E-state index contributed by atoms with van der Waals surface area (Å²) in [4.78, 5) is 0. The molecule has 1 aliphatic heterocycles. The molecule has 0 N–H and O–H groups in total. The molecule has 7 rings (SSSR count). The Labute approximate surface area is 300 Å². The van der Waals surface area contributed by atoms with Crippen molar-refractivity contribution < 1.29 is 9.47 Å².